The third-order valence-corrected chi connectivity index (χ3v) is 8.98. The fourth-order valence-electron chi connectivity index (χ4n) is 4.34. The molecule has 8 nitrogen and oxygen atoms in total. The molecule has 3 aromatic carbocycles. The van der Waals surface area contributed by atoms with E-state index < -0.39 is 34.1 Å². The molecule has 0 aliphatic heterocycles. The van der Waals surface area contributed by atoms with Gasteiger partial charge in [-0.05, 0) is 100 Å². The van der Waals surface area contributed by atoms with E-state index in [1.807, 2.05) is 27.7 Å². The lowest BCUT2D eigenvalue weighted by atomic mass is 10.1. The lowest BCUT2D eigenvalue weighted by molar-refractivity contribution is -0.141. The number of hydrogen-bond acceptors (Lipinski definition) is 5. The van der Waals surface area contributed by atoms with Gasteiger partial charge >= 0.3 is 0 Å². The second-order valence-electron chi connectivity index (χ2n) is 10.8. The Balaban J connectivity index is 2.10. The molecule has 0 heterocycles. The number of halogens is 3. The molecule has 0 bridgehead atoms. The molecule has 43 heavy (non-hydrogen) atoms. The van der Waals surface area contributed by atoms with Gasteiger partial charge in [0.15, 0.2) is 0 Å². The maximum Gasteiger partial charge on any atom is 0.264 e. The minimum Gasteiger partial charge on any atom is -0.494 e. The van der Waals surface area contributed by atoms with Gasteiger partial charge in [-0.2, -0.15) is 0 Å². The summed E-state index contributed by atoms with van der Waals surface area (Å²) < 4.78 is 34.5. The van der Waals surface area contributed by atoms with Crippen molar-refractivity contribution < 1.29 is 22.7 Å². The van der Waals surface area contributed by atoms with E-state index in [2.05, 4.69) is 5.32 Å². The highest BCUT2D eigenvalue weighted by molar-refractivity contribution is 7.92. The molecular formula is C31H36Cl3N3O5S. The number of nitrogens with one attached hydrogen (secondary N) is 1. The average molecular weight is 669 g/mol. The first kappa shape index (κ1) is 34.5. The van der Waals surface area contributed by atoms with Gasteiger partial charge in [-0.15, -0.1) is 0 Å². The Kier molecular flexibility index (Phi) is 11.8. The van der Waals surface area contributed by atoms with E-state index in [-0.39, 0.29) is 29.5 Å². The first-order valence-electron chi connectivity index (χ1n) is 13.7. The predicted octanol–water partition coefficient (Wildman–Crippen LogP) is 6.96. The SMILES string of the molecule is CCOc1ccc(N(CC(=O)N(Cc2ccc(Cl)cc2Cl)[C@@H](CC)C(=O)NC(C)(C)C)S(=O)(=O)c2ccc(Cl)cc2)cc1. The maximum absolute atomic E-state index is 14.2. The van der Waals surface area contributed by atoms with Gasteiger partial charge in [0.25, 0.3) is 10.0 Å². The number of ether oxygens (including phenoxy) is 1. The van der Waals surface area contributed by atoms with E-state index in [0.717, 1.165) is 4.31 Å². The number of carbonyl (C=O) groups is 2. The molecule has 3 rings (SSSR count). The van der Waals surface area contributed by atoms with E-state index in [1.165, 1.54) is 29.2 Å². The molecule has 0 unspecified atom stereocenters. The van der Waals surface area contributed by atoms with Crippen LogP contribution >= 0.6 is 34.8 Å². The zero-order chi connectivity index (χ0) is 31.9. The Labute approximate surface area is 268 Å². The number of hydrogen-bond donors (Lipinski definition) is 1. The van der Waals surface area contributed by atoms with E-state index in [9.17, 15) is 18.0 Å². The summed E-state index contributed by atoms with van der Waals surface area (Å²) in [5, 5.41) is 4.03. The van der Waals surface area contributed by atoms with Crippen molar-refractivity contribution in [2.24, 2.45) is 0 Å². The number of benzene rings is 3. The first-order valence-corrected chi connectivity index (χ1v) is 16.3. The second-order valence-corrected chi connectivity index (χ2v) is 14.0. The molecular weight excluding hydrogens is 633 g/mol. The number of nitrogens with zero attached hydrogens (tertiary/aromatic N) is 2. The van der Waals surface area contributed by atoms with Gasteiger partial charge in [0.2, 0.25) is 11.8 Å². The fourth-order valence-corrected chi connectivity index (χ4v) is 6.35. The van der Waals surface area contributed by atoms with Crippen molar-refractivity contribution in [1.29, 1.82) is 0 Å². The van der Waals surface area contributed by atoms with Crippen molar-refractivity contribution in [3.63, 3.8) is 0 Å². The van der Waals surface area contributed by atoms with Crippen LogP contribution in [0.5, 0.6) is 5.75 Å². The third kappa shape index (κ3) is 9.25. The summed E-state index contributed by atoms with van der Waals surface area (Å²) in [5.74, 6) is -0.430. The van der Waals surface area contributed by atoms with Gasteiger partial charge in [-0.3, -0.25) is 13.9 Å². The standard InChI is InChI=1S/C31H36Cl3N3O5S/c1-6-28(30(39)35-31(3,4)5)36(19-21-8-9-23(33)18-27(21)34)29(38)20-37(24-12-14-25(15-13-24)42-7-2)43(40,41)26-16-10-22(32)11-17-26/h8-18,28H,6-7,19-20H2,1-5H3,(H,35,39)/t28-/m0/s1. The van der Waals surface area contributed by atoms with Crippen LogP contribution < -0.4 is 14.4 Å². The van der Waals surface area contributed by atoms with Crippen molar-refractivity contribution in [1.82, 2.24) is 10.2 Å². The van der Waals surface area contributed by atoms with Crippen LogP contribution in [0.2, 0.25) is 15.1 Å². The Hall–Kier alpha value is -2.98. The zero-order valence-corrected chi connectivity index (χ0v) is 27.8. The molecule has 0 spiro atoms. The van der Waals surface area contributed by atoms with Crippen LogP contribution in [0, 0.1) is 0 Å². The van der Waals surface area contributed by atoms with Gasteiger partial charge in [0, 0.05) is 27.2 Å². The number of carbonyl (C=O) groups excluding carboxylic acids is 2. The van der Waals surface area contributed by atoms with E-state index >= 15 is 0 Å². The molecule has 0 aromatic heterocycles. The summed E-state index contributed by atoms with van der Waals surface area (Å²) in [6, 6.07) is 16.0. The normalized spacial score (nSPS) is 12.4. The highest BCUT2D eigenvalue weighted by atomic mass is 35.5. The fraction of sp³-hybridized carbons (Fsp3) is 0.355. The van der Waals surface area contributed by atoms with Crippen LogP contribution in [0.3, 0.4) is 0 Å². The van der Waals surface area contributed by atoms with E-state index in [1.54, 1.807) is 49.4 Å². The highest BCUT2D eigenvalue weighted by Crippen LogP contribution is 2.29. The second kappa shape index (κ2) is 14.7. The molecule has 0 aliphatic carbocycles. The summed E-state index contributed by atoms with van der Waals surface area (Å²) in [6.07, 6.45) is 0.270. The summed E-state index contributed by atoms with van der Waals surface area (Å²) in [7, 11) is -4.25. The van der Waals surface area contributed by atoms with Gasteiger partial charge < -0.3 is 15.0 Å². The zero-order valence-electron chi connectivity index (χ0n) is 24.7. The number of sulfonamides is 1. The lowest BCUT2D eigenvalue weighted by Gasteiger charge is -2.35. The summed E-state index contributed by atoms with van der Waals surface area (Å²) >= 11 is 18.6. The number of anilines is 1. The van der Waals surface area contributed by atoms with Crippen LogP contribution in [-0.2, 0) is 26.2 Å². The van der Waals surface area contributed by atoms with Crippen molar-refractivity contribution in [2.45, 2.75) is 64.1 Å². The predicted molar refractivity (Wildman–Crippen MR) is 173 cm³/mol. The van der Waals surface area contributed by atoms with E-state index in [4.69, 9.17) is 39.5 Å². The van der Waals surface area contributed by atoms with Gasteiger partial charge in [0.1, 0.15) is 18.3 Å². The average Bonchev–Trinajstić information content (AvgIpc) is 2.92. The largest absolute Gasteiger partial charge is 0.494 e. The monoisotopic (exact) mass is 667 g/mol. The van der Waals surface area contributed by atoms with E-state index in [0.29, 0.717) is 33.0 Å². The highest BCUT2D eigenvalue weighted by Gasteiger charge is 2.35. The molecule has 0 saturated heterocycles. The van der Waals surface area contributed by atoms with Crippen molar-refractivity contribution in [3.05, 3.63) is 87.4 Å². The minimum atomic E-state index is -4.25. The van der Waals surface area contributed by atoms with Crippen molar-refractivity contribution in [2.75, 3.05) is 17.5 Å². The Bertz CT molecular complexity index is 1530. The van der Waals surface area contributed by atoms with Crippen LogP contribution in [0.15, 0.2) is 71.6 Å². The molecule has 2 amide bonds. The van der Waals surface area contributed by atoms with Gasteiger partial charge in [-0.1, -0.05) is 47.8 Å². The molecule has 3 aromatic rings. The van der Waals surface area contributed by atoms with Crippen LogP contribution in [0.4, 0.5) is 5.69 Å². The van der Waals surface area contributed by atoms with Gasteiger partial charge in [0.05, 0.1) is 17.2 Å². The molecule has 0 aliphatic rings. The third-order valence-electron chi connectivity index (χ3n) is 6.36. The lowest BCUT2D eigenvalue weighted by Crippen LogP contribution is -2.55. The van der Waals surface area contributed by atoms with Crippen LogP contribution in [0.1, 0.15) is 46.6 Å². The first-order chi connectivity index (χ1) is 20.2. The summed E-state index contributed by atoms with van der Waals surface area (Å²) in [6.45, 7) is 8.93. The van der Waals surface area contributed by atoms with Crippen molar-refractivity contribution in [3.8, 4) is 5.75 Å². The molecule has 12 heteroatoms. The number of rotatable bonds is 12. The Morgan fingerprint density at radius 1 is 0.907 bits per heavy atom. The maximum atomic E-state index is 14.2. The van der Waals surface area contributed by atoms with Gasteiger partial charge in [-0.25, -0.2) is 8.42 Å². The minimum absolute atomic E-state index is 0.0524. The van der Waals surface area contributed by atoms with Crippen LogP contribution in [0.25, 0.3) is 0 Å². The molecule has 1 N–H and O–H groups in total. The molecule has 0 fully saturated rings. The molecule has 232 valence electrons. The number of amides is 2. The molecule has 0 saturated carbocycles. The smallest absolute Gasteiger partial charge is 0.264 e. The quantitative estimate of drug-likeness (QED) is 0.225. The topological polar surface area (TPSA) is 96.0 Å². The Morgan fingerprint density at radius 3 is 2.05 bits per heavy atom. The van der Waals surface area contributed by atoms with Crippen LogP contribution in [-0.4, -0.2) is 49.9 Å². The summed E-state index contributed by atoms with van der Waals surface area (Å²) in [5.41, 5.74) is 0.224. The Morgan fingerprint density at radius 2 is 1.51 bits per heavy atom. The molecule has 0 radical (unpaired) electrons. The molecule has 1 atom stereocenters. The summed E-state index contributed by atoms with van der Waals surface area (Å²) in [4.78, 5) is 29.0. The van der Waals surface area contributed by atoms with Crippen molar-refractivity contribution >= 4 is 62.3 Å².